The molecule has 1 heterocycles. The van der Waals surface area contributed by atoms with E-state index in [1.54, 1.807) is 0 Å². The van der Waals surface area contributed by atoms with Crippen LogP contribution in [0.25, 0.3) is 10.9 Å². The highest BCUT2D eigenvalue weighted by Gasteiger charge is 2.23. The molecule has 1 aromatic heterocycles. The summed E-state index contributed by atoms with van der Waals surface area (Å²) >= 11 is 0. The quantitative estimate of drug-likeness (QED) is 0.901. The van der Waals surface area contributed by atoms with Crippen LogP contribution in [0.4, 0.5) is 0 Å². The minimum Gasteiger partial charge on any atom is -0.481 e. The molecule has 3 rings (SSSR count). The lowest BCUT2D eigenvalue weighted by atomic mass is 9.93. The van der Waals surface area contributed by atoms with Gasteiger partial charge in [0.15, 0.2) is 0 Å². The molecular weight excluding hydrogens is 238 g/mol. The van der Waals surface area contributed by atoms with Gasteiger partial charge in [-0.15, -0.1) is 0 Å². The van der Waals surface area contributed by atoms with Crippen LogP contribution in [-0.4, -0.2) is 15.6 Å². The molecule has 3 nitrogen and oxygen atoms in total. The van der Waals surface area contributed by atoms with Gasteiger partial charge in [0.25, 0.3) is 0 Å². The van der Waals surface area contributed by atoms with E-state index < -0.39 is 5.97 Å². The van der Waals surface area contributed by atoms with Crippen LogP contribution < -0.4 is 0 Å². The predicted octanol–water partition coefficient (Wildman–Crippen LogP) is 3.94. The van der Waals surface area contributed by atoms with E-state index in [9.17, 15) is 4.79 Å². The van der Waals surface area contributed by atoms with Crippen molar-refractivity contribution < 1.29 is 9.90 Å². The minimum atomic E-state index is -0.729. The molecule has 1 unspecified atom stereocenters. The van der Waals surface area contributed by atoms with Crippen molar-refractivity contribution in [2.24, 2.45) is 0 Å². The molecule has 0 aliphatic heterocycles. The summed E-state index contributed by atoms with van der Waals surface area (Å²) in [5.74, 6) is -0.670. The SMILES string of the molecule is CC(CC(=O)O)c1cn(C2CCC2)c2ccccc12. The van der Waals surface area contributed by atoms with E-state index in [0.29, 0.717) is 6.04 Å². The Bertz CT molecular complexity index is 610. The second-order valence-electron chi connectivity index (χ2n) is 5.59. The van der Waals surface area contributed by atoms with Gasteiger partial charge in [-0.1, -0.05) is 25.1 Å². The van der Waals surface area contributed by atoms with Gasteiger partial charge in [-0.3, -0.25) is 4.79 Å². The number of carboxylic acid groups (broad SMARTS) is 1. The summed E-state index contributed by atoms with van der Waals surface area (Å²) in [6.07, 6.45) is 6.16. The van der Waals surface area contributed by atoms with Crippen molar-refractivity contribution in [3.05, 3.63) is 36.0 Å². The third-order valence-corrected chi connectivity index (χ3v) is 4.25. The first-order valence-corrected chi connectivity index (χ1v) is 6.98. The maximum absolute atomic E-state index is 10.9. The lowest BCUT2D eigenvalue weighted by Crippen LogP contribution is -2.15. The van der Waals surface area contributed by atoms with Gasteiger partial charge in [-0.25, -0.2) is 0 Å². The van der Waals surface area contributed by atoms with Crippen LogP contribution in [0.2, 0.25) is 0 Å². The molecule has 2 aromatic rings. The Morgan fingerprint density at radius 3 is 2.79 bits per heavy atom. The number of rotatable bonds is 4. The summed E-state index contributed by atoms with van der Waals surface area (Å²) in [4.78, 5) is 10.9. The number of hydrogen-bond acceptors (Lipinski definition) is 1. The first-order chi connectivity index (χ1) is 9.16. The monoisotopic (exact) mass is 257 g/mol. The highest BCUT2D eigenvalue weighted by molar-refractivity contribution is 5.85. The van der Waals surface area contributed by atoms with E-state index in [1.807, 2.05) is 13.0 Å². The molecule has 1 saturated carbocycles. The van der Waals surface area contributed by atoms with Crippen LogP contribution in [0.5, 0.6) is 0 Å². The number of aromatic nitrogens is 1. The molecule has 1 N–H and O–H groups in total. The molecule has 1 aromatic carbocycles. The maximum atomic E-state index is 10.9. The lowest BCUT2D eigenvalue weighted by Gasteiger charge is -2.28. The van der Waals surface area contributed by atoms with Gasteiger partial charge < -0.3 is 9.67 Å². The van der Waals surface area contributed by atoms with E-state index in [2.05, 4.69) is 29.0 Å². The Balaban J connectivity index is 2.06. The fourth-order valence-electron chi connectivity index (χ4n) is 2.96. The van der Waals surface area contributed by atoms with Crippen molar-refractivity contribution in [1.82, 2.24) is 4.57 Å². The molecule has 0 spiro atoms. The highest BCUT2D eigenvalue weighted by atomic mass is 16.4. The lowest BCUT2D eigenvalue weighted by molar-refractivity contribution is -0.137. The molecule has 1 fully saturated rings. The summed E-state index contributed by atoms with van der Waals surface area (Å²) in [5.41, 5.74) is 2.42. The number of para-hydroxylation sites is 1. The maximum Gasteiger partial charge on any atom is 0.303 e. The number of carbonyl (C=O) groups is 1. The summed E-state index contributed by atoms with van der Waals surface area (Å²) in [5, 5.41) is 10.2. The van der Waals surface area contributed by atoms with Crippen molar-refractivity contribution in [3.8, 4) is 0 Å². The number of aliphatic carboxylic acids is 1. The number of carboxylic acids is 1. The molecule has 1 aliphatic rings. The Kier molecular flexibility index (Phi) is 3.05. The second-order valence-corrected chi connectivity index (χ2v) is 5.59. The summed E-state index contributed by atoms with van der Waals surface area (Å²) in [6.45, 7) is 2.00. The Morgan fingerprint density at radius 2 is 2.16 bits per heavy atom. The van der Waals surface area contributed by atoms with Gasteiger partial charge in [-0.2, -0.15) is 0 Å². The van der Waals surface area contributed by atoms with Gasteiger partial charge in [0.05, 0.1) is 6.42 Å². The Labute approximate surface area is 112 Å². The van der Waals surface area contributed by atoms with Crippen LogP contribution in [0, 0.1) is 0 Å². The van der Waals surface area contributed by atoms with E-state index in [-0.39, 0.29) is 12.3 Å². The number of hydrogen-bond donors (Lipinski definition) is 1. The van der Waals surface area contributed by atoms with Crippen LogP contribution in [0.1, 0.15) is 50.1 Å². The third kappa shape index (κ3) is 2.14. The zero-order valence-corrected chi connectivity index (χ0v) is 11.2. The minimum absolute atomic E-state index is 0.0590. The zero-order valence-electron chi connectivity index (χ0n) is 11.2. The van der Waals surface area contributed by atoms with E-state index in [4.69, 9.17) is 5.11 Å². The van der Waals surface area contributed by atoms with Crippen LogP contribution in [-0.2, 0) is 4.79 Å². The molecule has 0 saturated heterocycles. The van der Waals surface area contributed by atoms with E-state index >= 15 is 0 Å². The molecule has 3 heteroatoms. The average Bonchev–Trinajstić information content (AvgIpc) is 2.66. The Hall–Kier alpha value is -1.77. The van der Waals surface area contributed by atoms with Crippen LogP contribution in [0.15, 0.2) is 30.5 Å². The molecular formula is C16H19NO2. The van der Waals surface area contributed by atoms with Gasteiger partial charge in [0, 0.05) is 23.1 Å². The van der Waals surface area contributed by atoms with Crippen LogP contribution >= 0.6 is 0 Å². The molecule has 1 aliphatic carbocycles. The Morgan fingerprint density at radius 1 is 1.42 bits per heavy atom. The van der Waals surface area contributed by atoms with Gasteiger partial charge in [-0.05, 0) is 36.8 Å². The van der Waals surface area contributed by atoms with Crippen molar-refractivity contribution >= 4 is 16.9 Å². The summed E-state index contributed by atoms with van der Waals surface area (Å²) in [7, 11) is 0. The first kappa shape index (κ1) is 12.3. The van der Waals surface area contributed by atoms with Gasteiger partial charge in [0.1, 0.15) is 0 Å². The summed E-state index contributed by atoms with van der Waals surface area (Å²) < 4.78 is 2.35. The van der Waals surface area contributed by atoms with Gasteiger partial charge >= 0.3 is 5.97 Å². The van der Waals surface area contributed by atoms with Crippen molar-refractivity contribution in [2.75, 3.05) is 0 Å². The molecule has 0 bridgehead atoms. The fraction of sp³-hybridized carbons (Fsp3) is 0.438. The molecule has 19 heavy (non-hydrogen) atoms. The van der Waals surface area contributed by atoms with Crippen molar-refractivity contribution in [3.63, 3.8) is 0 Å². The number of benzene rings is 1. The average molecular weight is 257 g/mol. The first-order valence-electron chi connectivity index (χ1n) is 6.98. The number of fused-ring (bicyclic) bond motifs is 1. The predicted molar refractivity (Wildman–Crippen MR) is 75.5 cm³/mol. The topological polar surface area (TPSA) is 42.2 Å². The van der Waals surface area contributed by atoms with E-state index in [0.717, 1.165) is 0 Å². The standard InChI is InChI=1S/C16H19NO2/c1-11(9-16(18)19)14-10-17(12-5-4-6-12)15-8-3-2-7-13(14)15/h2-3,7-8,10-12H,4-6,9H2,1H3,(H,18,19). The molecule has 100 valence electrons. The normalized spacial score (nSPS) is 17.3. The third-order valence-electron chi connectivity index (χ3n) is 4.25. The van der Waals surface area contributed by atoms with E-state index in [1.165, 1.54) is 35.7 Å². The van der Waals surface area contributed by atoms with Crippen LogP contribution in [0.3, 0.4) is 0 Å². The molecule has 0 amide bonds. The number of nitrogens with zero attached hydrogens (tertiary/aromatic N) is 1. The second kappa shape index (κ2) is 4.72. The van der Waals surface area contributed by atoms with Crippen molar-refractivity contribution in [1.29, 1.82) is 0 Å². The largest absolute Gasteiger partial charge is 0.481 e. The fourth-order valence-corrected chi connectivity index (χ4v) is 2.96. The molecule has 0 radical (unpaired) electrons. The highest BCUT2D eigenvalue weighted by Crippen LogP contribution is 2.38. The zero-order chi connectivity index (χ0) is 13.4. The van der Waals surface area contributed by atoms with Gasteiger partial charge in [0.2, 0.25) is 0 Å². The smallest absolute Gasteiger partial charge is 0.303 e. The summed E-state index contributed by atoms with van der Waals surface area (Å²) in [6, 6.07) is 8.95. The van der Waals surface area contributed by atoms with Crippen molar-refractivity contribution in [2.45, 2.75) is 44.6 Å². The molecule has 1 atom stereocenters.